The Kier molecular flexibility index (Phi) is 5.39. The predicted molar refractivity (Wildman–Crippen MR) is 110 cm³/mol. The number of pyridine rings is 2. The molecule has 11 heteroatoms. The molecule has 0 aliphatic rings. The lowest BCUT2D eigenvalue weighted by Gasteiger charge is -2.15. The number of carbonyl (C=O) groups excluding carboxylic acids is 2. The Balaban J connectivity index is 1.59. The summed E-state index contributed by atoms with van der Waals surface area (Å²) in [6.45, 7) is -0.749. The van der Waals surface area contributed by atoms with Gasteiger partial charge in [-0.15, -0.1) is 5.10 Å². The summed E-state index contributed by atoms with van der Waals surface area (Å²) in [6, 6.07) is 6.98. The molecule has 0 saturated heterocycles. The highest BCUT2D eigenvalue weighted by atomic mass is 19.1. The Hall–Kier alpha value is -4.15. The molecule has 0 aliphatic heterocycles. The standard InChI is InChI=1S/C20H19FN8O2/c1-27(9-6-21)20(31)15-12-23-28(2)17(15)19(30)24-14-5-8-29-16(10-14)25-18(26-29)13-4-3-7-22-11-13/h3-5,7-8,10-12H,6,9H2,1-2H3,(H,24,30). The second-order valence-electron chi connectivity index (χ2n) is 6.80. The third-order valence-electron chi connectivity index (χ3n) is 4.67. The SMILES string of the molecule is CN(CCF)C(=O)c1cnn(C)c1C(=O)Nc1ccn2nc(-c3cccnc3)nc2c1. The molecule has 0 spiro atoms. The minimum absolute atomic E-state index is 0.0718. The van der Waals surface area contributed by atoms with Crippen LogP contribution < -0.4 is 5.32 Å². The first kappa shape index (κ1) is 20.1. The van der Waals surface area contributed by atoms with Gasteiger partial charge < -0.3 is 10.2 Å². The predicted octanol–water partition coefficient (Wildman–Crippen LogP) is 1.82. The minimum Gasteiger partial charge on any atom is -0.339 e. The van der Waals surface area contributed by atoms with Crippen molar-refractivity contribution in [2.24, 2.45) is 7.05 Å². The molecule has 0 aliphatic carbocycles. The number of nitrogens with zero attached hydrogens (tertiary/aromatic N) is 7. The molecule has 4 aromatic rings. The van der Waals surface area contributed by atoms with E-state index in [1.807, 2.05) is 6.07 Å². The average molecular weight is 422 g/mol. The summed E-state index contributed by atoms with van der Waals surface area (Å²) >= 11 is 0. The van der Waals surface area contributed by atoms with Crippen molar-refractivity contribution in [3.63, 3.8) is 0 Å². The number of nitrogens with one attached hydrogen (secondary N) is 1. The number of rotatable bonds is 6. The van der Waals surface area contributed by atoms with E-state index in [1.165, 1.54) is 22.8 Å². The molecule has 4 rings (SSSR count). The number of alkyl halides is 1. The van der Waals surface area contributed by atoms with Gasteiger partial charge in [0.15, 0.2) is 11.5 Å². The second-order valence-corrected chi connectivity index (χ2v) is 6.80. The monoisotopic (exact) mass is 422 g/mol. The maximum Gasteiger partial charge on any atom is 0.274 e. The van der Waals surface area contributed by atoms with E-state index in [1.54, 1.807) is 48.4 Å². The van der Waals surface area contributed by atoms with Gasteiger partial charge in [-0.05, 0) is 18.2 Å². The van der Waals surface area contributed by atoms with Gasteiger partial charge in [-0.2, -0.15) is 5.10 Å². The lowest BCUT2D eigenvalue weighted by atomic mass is 10.2. The number of halogens is 1. The van der Waals surface area contributed by atoms with Gasteiger partial charge in [0.05, 0.1) is 11.8 Å². The summed E-state index contributed by atoms with van der Waals surface area (Å²) in [5.74, 6) is -0.495. The molecule has 0 saturated carbocycles. The first-order valence-electron chi connectivity index (χ1n) is 9.39. The molecule has 2 amide bonds. The molecule has 0 unspecified atom stereocenters. The number of hydrogen-bond donors (Lipinski definition) is 1. The topological polar surface area (TPSA) is 110 Å². The third-order valence-corrected chi connectivity index (χ3v) is 4.67. The van der Waals surface area contributed by atoms with Crippen LogP contribution in [0.25, 0.3) is 17.0 Å². The minimum atomic E-state index is -0.677. The van der Waals surface area contributed by atoms with Crippen LogP contribution in [-0.2, 0) is 7.05 Å². The van der Waals surface area contributed by atoms with Crippen LogP contribution in [0.15, 0.2) is 49.1 Å². The van der Waals surface area contributed by atoms with Crippen molar-refractivity contribution < 1.29 is 14.0 Å². The van der Waals surface area contributed by atoms with Crippen LogP contribution >= 0.6 is 0 Å². The van der Waals surface area contributed by atoms with Gasteiger partial charge in [0.1, 0.15) is 12.4 Å². The smallest absolute Gasteiger partial charge is 0.274 e. The van der Waals surface area contributed by atoms with E-state index in [2.05, 4.69) is 25.5 Å². The zero-order valence-corrected chi connectivity index (χ0v) is 16.9. The van der Waals surface area contributed by atoms with E-state index >= 15 is 0 Å². The number of hydrogen-bond acceptors (Lipinski definition) is 6. The van der Waals surface area contributed by atoms with Crippen LogP contribution in [0.4, 0.5) is 10.1 Å². The number of aromatic nitrogens is 6. The van der Waals surface area contributed by atoms with Gasteiger partial charge in [-0.25, -0.2) is 13.9 Å². The fourth-order valence-corrected chi connectivity index (χ4v) is 3.06. The molecule has 158 valence electrons. The van der Waals surface area contributed by atoms with E-state index < -0.39 is 18.5 Å². The summed E-state index contributed by atoms with van der Waals surface area (Å²) in [5.41, 5.74) is 1.94. The normalized spacial score (nSPS) is 10.9. The largest absolute Gasteiger partial charge is 0.339 e. The molecule has 0 radical (unpaired) electrons. The molecular formula is C20H19FN8O2. The summed E-state index contributed by atoms with van der Waals surface area (Å²) in [6.07, 6.45) is 6.30. The highest BCUT2D eigenvalue weighted by Crippen LogP contribution is 2.18. The maximum absolute atomic E-state index is 12.9. The Morgan fingerprint density at radius 1 is 1.26 bits per heavy atom. The molecule has 1 N–H and O–H groups in total. The van der Waals surface area contributed by atoms with Crippen molar-refractivity contribution >= 4 is 23.1 Å². The second kappa shape index (κ2) is 8.30. The molecule has 0 bridgehead atoms. The van der Waals surface area contributed by atoms with Crippen molar-refractivity contribution in [1.29, 1.82) is 0 Å². The molecule has 4 heterocycles. The maximum atomic E-state index is 12.9. The van der Waals surface area contributed by atoms with E-state index in [4.69, 9.17) is 0 Å². The first-order chi connectivity index (χ1) is 15.0. The van der Waals surface area contributed by atoms with Gasteiger partial charge in [-0.3, -0.25) is 19.3 Å². The van der Waals surface area contributed by atoms with Crippen LogP contribution in [0, 0.1) is 0 Å². The molecule has 0 atom stereocenters. The quantitative estimate of drug-likeness (QED) is 0.508. The van der Waals surface area contributed by atoms with Gasteiger partial charge in [0.25, 0.3) is 11.8 Å². The van der Waals surface area contributed by atoms with Gasteiger partial charge in [0.2, 0.25) is 0 Å². The Labute approximate surface area is 176 Å². The number of amides is 2. The van der Waals surface area contributed by atoms with E-state index in [9.17, 15) is 14.0 Å². The van der Waals surface area contributed by atoms with Crippen LogP contribution in [0.2, 0.25) is 0 Å². The summed E-state index contributed by atoms with van der Waals surface area (Å²) < 4.78 is 15.5. The zero-order valence-electron chi connectivity index (χ0n) is 16.9. The summed E-state index contributed by atoms with van der Waals surface area (Å²) in [4.78, 5) is 35.2. The fraction of sp³-hybridized carbons (Fsp3) is 0.200. The van der Waals surface area contributed by atoms with Gasteiger partial charge in [-0.1, -0.05) is 0 Å². The van der Waals surface area contributed by atoms with E-state index in [-0.39, 0.29) is 17.8 Å². The number of aryl methyl sites for hydroxylation is 1. The molecule has 0 fully saturated rings. The number of fused-ring (bicyclic) bond motifs is 1. The lowest BCUT2D eigenvalue weighted by Crippen LogP contribution is -2.30. The van der Waals surface area contributed by atoms with E-state index in [0.29, 0.717) is 17.2 Å². The molecule has 10 nitrogen and oxygen atoms in total. The zero-order chi connectivity index (χ0) is 22.0. The van der Waals surface area contributed by atoms with Gasteiger partial charge >= 0.3 is 0 Å². The third kappa shape index (κ3) is 3.97. The molecule has 4 aromatic heterocycles. The van der Waals surface area contributed by atoms with Crippen LogP contribution in [0.3, 0.4) is 0 Å². The summed E-state index contributed by atoms with van der Waals surface area (Å²) in [7, 11) is 3.03. The van der Waals surface area contributed by atoms with Crippen molar-refractivity contribution in [3.8, 4) is 11.4 Å². The molecular weight excluding hydrogens is 403 g/mol. The Morgan fingerprint density at radius 3 is 2.84 bits per heavy atom. The van der Waals surface area contributed by atoms with Crippen molar-refractivity contribution in [2.75, 3.05) is 25.6 Å². The van der Waals surface area contributed by atoms with Crippen molar-refractivity contribution in [3.05, 3.63) is 60.3 Å². The van der Waals surface area contributed by atoms with Crippen molar-refractivity contribution in [1.82, 2.24) is 34.3 Å². The van der Waals surface area contributed by atoms with E-state index in [0.717, 1.165) is 5.56 Å². The highest BCUT2D eigenvalue weighted by molar-refractivity contribution is 6.11. The molecule has 31 heavy (non-hydrogen) atoms. The Morgan fingerprint density at radius 2 is 2.10 bits per heavy atom. The first-order valence-corrected chi connectivity index (χ1v) is 9.39. The Bertz CT molecular complexity index is 1250. The van der Waals surface area contributed by atoms with Crippen LogP contribution in [0.5, 0.6) is 0 Å². The summed E-state index contributed by atoms with van der Waals surface area (Å²) in [5, 5.41) is 11.2. The lowest BCUT2D eigenvalue weighted by molar-refractivity contribution is 0.0780. The van der Waals surface area contributed by atoms with Crippen molar-refractivity contribution in [2.45, 2.75) is 0 Å². The number of carbonyl (C=O) groups is 2. The van der Waals surface area contributed by atoms with Crippen LogP contribution in [0.1, 0.15) is 20.8 Å². The van der Waals surface area contributed by atoms with Crippen LogP contribution in [-0.4, -0.2) is 66.3 Å². The highest BCUT2D eigenvalue weighted by Gasteiger charge is 2.24. The fourth-order valence-electron chi connectivity index (χ4n) is 3.06. The number of anilines is 1. The van der Waals surface area contributed by atoms with Gasteiger partial charge in [0, 0.05) is 56.5 Å². The molecule has 0 aromatic carbocycles. The average Bonchev–Trinajstić information content (AvgIpc) is 3.37.